The summed E-state index contributed by atoms with van der Waals surface area (Å²) < 4.78 is 16.6. The van der Waals surface area contributed by atoms with Crippen molar-refractivity contribution in [3.05, 3.63) is 36.7 Å². The highest BCUT2D eigenvalue weighted by atomic mass is 32.1. The van der Waals surface area contributed by atoms with Crippen LogP contribution >= 0.6 is 11.3 Å². The smallest absolute Gasteiger partial charge is 0.258 e. The Hall–Kier alpha value is -3.04. The fraction of sp³-hybridized carbons (Fsp3) is 0.263. The number of thiophene rings is 1. The van der Waals surface area contributed by atoms with Crippen LogP contribution in [0.1, 0.15) is 0 Å². The highest BCUT2D eigenvalue weighted by Crippen LogP contribution is 2.36. The second-order valence-electron chi connectivity index (χ2n) is 6.27. The van der Waals surface area contributed by atoms with Crippen LogP contribution < -0.4 is 9.64 Å². The van der Waals surface area contributed by atoms with E-state index in [1.165, 1.54) is 11.3 Å². The minimum atomic E-state index is 0.450. The Balaban J connectivity index is 1.51. The van der Waals surface area contributed by atoms with Crippen LogP contribution in [-0.2, 0) is 4.74 Å². The lowest BCUT2D eigenvalue weighted by atomic mass is 10.2. The maximum Gasteiger partial charge on any atom is 0.258 e. The van der Waals surface area contributed by atoms with Gasteiger partial charge in [-0.05, 0) is 24.3 Å². The molecule has 3 aromatic heterocycles. The van der Waals surface area contributed by atoms with Crippen molar-refractivity contribution in [1.82, 2.24) is 20.2 Å². The number of benzene rings is 1. The molecule has 0 amide bonds. The van der Waals surface area contributed by atoms with E-state index in [1.54, 1.807) is 13.4 Å². The molecule has 8 nitrogen and oxygen atoms in total. The van der Waals surface area contributed by atoms with Gasteiger partial charge in [0.05, 0.1) is 30.6 Å². The summed E-state index contributed by atoms with van der Waals surface area (Å²) >= 11 is 1.51. The summed E-state index contributed by atoms with van der Waals surface area (Å²) in [5, 5.41) is 9.41. The number of aromatic nitrogens is 4. The summed E-state index contributed by atoms with van der Waals surface area (Å²) in [5.74, 6) is 2.58. The van der Waals surface area contributed by atoms with Crippen molar-refractivity contribution in [2.45, 2.75) is 0 Å². The number of methoxy groups -OCH3 is 1. The van der Waals surface area contributed by atoms with E-state index >= 15 is 0 Å². The molecule has 0 bridgehead atoms. The van der Waals surface area contributed by atoms with Crippen LogP contribution in [0.4, 0.5) is 5.82 Å². The summed E-state index contributed by atoms with van der Waals surface area (Å²) in [6.45, 7) is 3.04. The molecule has 4 aromatic rings. The van der Waals surface area contributed by atoms with E-state index in [0.717, 1.165) is 45.3 Å². The molecule has 1 saturated heterocycles. The molecule has 4 heterocycles. The topological polar surface area (TPSA) is 86.4 Å². The van der Waals surface area contributed by atoms with Gasteiger partial charge in [0.2, 0.25) is 5.89 Å². The number of anilines is 1. The van der Waals surface area contributed by atoms with Gasteiger partial charge in [0, 0.05) is 18.7 Å². The first-order chi connectivity index (χ1) is 13.8. The van der Waals surface area contributed by atoms with Crippen LogP contribution in [0.15, 0.2) is 41.1 Å². The fourth-order valence-corrected chi connectivity index (χ4v) is 4.09. The summed E-state index contributed by atoms with van der Waals surface area (Å²) in [6, 6.07) is 9.56. The lowest BCUT2D eigenvalue weighted by Crippen LogP contribution is -2.36. The van der Waals surface area contributed by atoms with Gasteiger partial charge < -0.3 is 18.8 Å². The molecular weight excluding hydrogens is 378 g/mol. The second kappa shape index (κ2) is 7.17. The number of ether oxygens (including phenoxy) is 2. The average Bonchev–Trinajstić information content (AvgIpc) is 3.41. The van der Waals surface area contributed by atoms with Gasteiger partial charge in [-0.2, -0.15) is 0 Å². The molecule has 0 radical (unpaired) electrons. The van der Waals surface area contributed by atoms with Crippen molar-refractivity contribution in [3.63, 3.8) is 0 Å². The Bertz CT molecular complexity index is 1120. The lowest BCUT2D eigenvalue weighted by molar-refractivity contribution is 0.122. The van der Waals surface area contributed by atoms with E-state index in [2.05, 4.69) is 25.1 Å². The molecule has 1 aliphatic heterocycles. The summed E-state index contributed by atoms with van der Waals surface area (Å²) in [5.41, 5.74) is 0.813. The van der Waals surface area contributed by atoms with Gasteiger partial charge in [0.25, 0.3) is 5.89 Å². The lowest BCUT2D eigenvalue weighted by Gasteiger charge is -2.28. The molecular formula is C19H17N5O3S. The van der Waals surface area contributed by atoms with Crippen LogP contribution in [0.2, 0.25) is 0 Å². The van der Waals surface area contributed by atoms with E-state index in [4.69, 9.17) is 13.9 Å². The number of hydrogen-bond donors (Lipinski definition) is 0. The molecule has 1 fully saturated rings. The first-order valence-corrected chi connectivity index (χ1v) is 9.69. The van der Waals surface area contributed by atoms with Crippen LogP contribution in [0.5, 0.6) is 5.75 Å². The molecule has 28 heavy (non-hydrogen) atoms. The normalized spacial score (nSPS) is 14.5. The third-order valence-corrected chi connectivity index (χ3v) is 5.60. The number of rotatable bonds is 4. The van der Waals surface area contributed by atoms with Crippen molar-refractivity contribution < 1.29 is 13.9 Å². The summed E-state index contributed by atoms with van der Waals surface area (Å²) in [4.78, 5) is 12.9. The van der Waals surface area contributed by atoms with Gasteiger partial charge in [-0.1, -0.05) is 6.07 Å². The van der Waals surface area contributed by atoms with E-state index in [1.807, 2.05) is 30.3 Å². The van der Waals surface area contributed by atoms with Crippen LogP contribution in [-0.4, -0.2) is 53.6 Å². The summed E-state index contributed by atoms with van der Waals surface area (Å²) in [6.07, 6.45) is 1.60. The number of nitrogens with zero attached hydrogens (tertiary/aromatic N) is 5. The van der Waals surface area contributed by atoms with Gasteiger partial charge >= 0.3 is 0 Å². The number of fused-ring (bicyclic) bond motifs is 1. The van der Waals surface area contributed by atoms with Crippen LogP contribution in [0, 0.1) is 0 Å². The molecule has 0 spiro atoms. The van der Waals surface area contributed by atoms with E-state index < -0.39 is 0 Å². The molecule has 0 N–H and O–H groups in total. The maximum atomic E-state index is 5.92. The molecule has 0 unspecified atom stereocenters. The van der Waals surface area contributed by atoms with Gasteiger partial charge in [-0.15, -0.1) is 21.5 Å². The minimum Gasteiger partial charge on any atom is -0.497 e. The second-order valence-corrected chi connectivity index (χ2v) is 7.30. The molecule has 9 heteroatoms. The molecule has 0 aliphatic carbocycles. The predicted molar refractivity (Wildman–Crippen MR) is 106 cm³/mol. The van der Waals surface area contributed by atoms with Gasteiger partial charge in [-0.25, -0.2) is 9.97 Å². The highest BCUT2D eigenvalue weighted by molar-refractivity contribution is 7.21. The fourth-order valence-electron chi connectivity index (χ4n) is 3.17. The maximum absolute atomic E-state index is 5.92. The zero-order valence-electron chi connectivity index (χ0n) is 15.2. The molecule has 5 rings (SSSR count). The van der Waals surface area contributed by atoms with Crippen molar-refractivity contribution in [2.24, 2.45) is 0 Å². The molecule has 1 aromatic carbocycles. The van der Waals surface area contributed by atoms with Crippen molar-refractivity contribution in [3.8, 4) is 28.0 Å². The molecule has 0 atom stereocenters. The van der Waals surface area contributed by atoms with Crippen molar-refractivity contribution in [2.75, 3.05) is 38.3 Å². The van der Waals surface area contributed by atoms with Gasteiger partial charge in [0.15, 0.2) is 0 Å². The standard InChI is InChI=1S/C19H17N5O3S/c1-25-13-4-2-3-12(9-13)17-22-23-18(27-17)15-10-14-16(20-11-21-19(14)28-15)24-5-7-26-8-6-24/h2-4,9-11H,5-8H2,1H3. The highest BCUT2D eigenvalue weighted by Gasteiger charge is 2.20. The zero-order chi connectivity index (χ0) is 18.9. The SMILES string of the molecule is COc1cccc(-c2nnc(-c3cc4c(N5CCOCC5)ncnc4s3)o2)c1. The van der Waals surface area contributed by atoms with E-state index in [-0.39, 0.29) is 0 Å². The average molecular weight is 395 g/mol. The minimum absolute atomic E-state index is 0.450. The van der Waals surface area contributed by atoms with Gasteiger partial charge in [-0.3, -0.25) is 0 Å². The predicted octanol–water partition coefficient (Wildman–Crippen LogP) is 3.25. The largest absolute Gasteiger partial charge is 0.497 e. The molecule has 1 aliphatic rings. The Labute approximate surface area is 164 Å². The first-order valence-electron chi connectivity index (χ1n) is 8.87. The quantitative estimate of drug-likeness (QED) is 0.520. The Morgan fingerprint density at radius 2 is 1.93 bits per heavy atom. The molecule has 0 saturated carbocycles. The van der Waals surface area contributed by atoms with Gasteiger partial charge in [0.1, 0.15) is 22.7 Å². The first kappa shape index (κ1) is 17.1. The van der Waals surface area contributed by atoms with E-state index in [0.29, 0.717) is 25.0 Å². The third-order valence-electron chi connectivity index (χ3n) is 4.57. The summed E-state index contributed by atoms with van der Waals surface area (Å²) in [7, 11) is 1.63. The van der Waals surface area contributed by atoms with Crippen LogP contribution in [0.25, 0.3) is 32.4 Å². The Kier molecular flexibility index (Phi) is 4.38. The zero-order valence-corrected chi connectivity index (χ0v) is 16.0. The molecule has 142 valence electrons. The van der Waals surface area contributed by atoms with Crippen molar-refractivity contribution >= 4 is 27.4 Å². The number of morpholine rings is 1. The monoisotopic (exact) mass is 395 g/mol. The third kappa shape index (κ3) is 3.08. The Morgan fingerprint density at radius 1 is 1.07 bits per heavy atom. The Morgan fingerprint density at radius 3 is 2.79 bits per heavy atom. The van der Waals surface area contributed by atoms with Crippen LogP contribution in [0.3, 0.4) is 0 Å². The van der Waals surface area contributed by atoms with E-state index in [9.17, 15) is 0 Å². The van der Waals surface area contributed by atoms with Crippen molar-refractivity contribution in [1.29, 1.82) is 0 Å². The number of hydrogen-bond acceptors (Lipinski definition) is 9.